The average Bonchev–Trinajstić information content (AvgIpc) is 2.73. The summed E-state index contributed by atoms with van der Waals surface area (Å²) in [5, 5.41) is 2.86. The van der Waals surface area contributed by atoms with Crippen molar-refractivity contribution in [1.29, 1.82) is 0 Å². The van der Waals surface area contributed by atoms with E-state index >= 15 is 0 Å². The van der Waals surface area contributed by atoms with E-state index in [2.05, 4.69) is 5.32 Å². The fourth-order valence-corrected chi connectivity index (χ4v) is 3.99. The maximum atomic E-state index is 13.3. The number of amides is 2. The number of carbonyl (C=O) groups is 2. The van der Waals surface area contributed by atoms with Crippen molar-refractivity contribution in [3.63, 3.8) is 0 Å². The number of rotatable bonds is 5. The molecular weight excluding hydrogens is 368 g/mol. The van der Waals surface area contributed by atoms with Crippen LogP contribution >= 0.6 is 11.8 Å². The van der Waals surface area contributed by atoms with Gasteiger partial charge < -0.3 is 10.2 Å². The van der Waals surface area contributed by atoms with Crippen LogP contribution in [0.25, 0.3) is 0 Å². The van der Waals surface area contributed by atoms with E-state index in [4.69, 9.17) is 0 Å². The molecular formula is C23H20N2O2S. The minimum atomic E-state index is -0.0553. The molecule has 0 spiro atoms. The van der Waals surface area contributed by atoms with Gasteiger partial charge in [0.25, 0.3) is 5.91 Å². The number of thioether (sulfide) groups is 1. The molecule has 28 heavy (non-hydrogen) atoms. The van der Waals surface area contributed by atoms with Crippen molar-refractivity contribution in [3.8, 4) is 0 Å². The minimum Gasteiger partial charge on any atom is -0.330 e. The summed E-state index contributed by atoms with van der Waals surface area (Å²) in [6.45, 7) is 1.04. The lowest BCUT2D eigenvalue weighted by atomic mass is 10.1. The Kier molecular flexibility index (Phi) is 5.44. The van der Waals surface area contributed by atoms with Gasteiger partial charge in [-0.15, -0.1) is 11.8 Å². The van der Waals surface area contributed by atoms with Crippen molar-refractivity contribution in [2.75, 3.05) is 11.1 Å². The van der Waals surface area contributed by atoms with Gasteiger partial charge in [-0.1, -0.05) is 60.7 Å². The maximum absolute atomic E-state index is 13.3. The van der Waals surface area contributed by atoms with Gasteiger partial charge in [0.05, 0.1) is 11.4 Å². The van der Waals surface area contributed by atoms with Gasteiger partial charge in [0.2, 0.25) is 5.91 Å². The summed E-state index contributed by atoms with van der Waals surface area (Å²) >= 11 is 1.49. The van der Waals surface area contributed by atoms with Crippen molar-refractivity contribution in [2.24, 2.45) is 0 Å². The lowest BCUT2D eigenvalue weighted by Crippen LogP contribution is -2.30. The quantitative estimate of drug-likeness (QED) is 0.696. The summed E-state index contributed by atoms with van der Waals surface area (Å²) in [6, 6.07) is 25.5. The molecule has 0 saturated heterocycles. The number of nitrogens with zero attached hydrogens (tertiary/aromatic N) is 1. The second kappa shape index (κ2) is 8.31. The van der Waals surface area contributed by atoms with E-state index in [-0.39, 0.29) is 11.8 Å². The van der Waals surface area contributed by atoms with Gasteiger partial charge in [0, 0.05) is 23.5 Å². The van der Waals surface area contributed by atoms with Gasteiger partial charge in [0.15, 0.2) is 0 Å². The van der Waals surface area contributed by atoms with E-state index in [1.807, 2.05) is 77.7 Å². The fraction of sp³-hybridized carbons (Fsp3) is 0.130. The molecule has 0 radical (unpaired) electrons. The normalized spacial score (nSPS) is 12.8. The molecule has 0 unspecified atom stereocenters. The van der Waals surface area contributed by atoms with Crippen molar-refractivity contribution < 1.29 is 9.59 Å². The molecule has 0 saturated carbocycles. The van der Waals surface area contributed by atoms with E-state index in [1.165, 1.54) is 11.8 Å². The first kappa shape index (κ1) is 18.3. The van der Waals surface area contributed by atoms with Crippen molar-refractivity contribution in [3.05, 3.63) is 95.6 Å². The topological polar surface area (TPSA) is 49.4 Å². The highest BCUT2D eigenvalue weighted by Crippen LogP contribution is 2.32. The first-order valence-corrected chi connectivity index (χ1v) is 10.1. The molecule has 1 aliphatic rings. The van der Waals surface area contributed by atoms with Crippen LogP contribution in [0.15, 0.2) is 83.8 Å². The van der Waals surface area contributed by atoms with Crippen LogP contribution in [-0.4, -0.2) is 22.5 Å². The van der Waals surface area contributed by atoms with Gasteiger partial charge in [-0.25, -0.2) is 0 Å². The number of fused-ring (bicyclic) bond motifs is 1. The summed E-state index contributed by atoms with van der Waals surface area (Å²) in [4.78, 5) is 27.9. The average molecular weight is 388 g/mol. The number of hydrogen-bond acceptors (Lipinski definition) is 3. The SMILES string of the molecule is O=C1CSc2ccc(C(=O)N(Cc3ccccc3)Cc3ccccc3)cc2N1. The number of anilines is 1. The van der Waals surface area contributed by atoms with Crippen LogP contribution in [0.4, 0.5) is 5.69 Å². The first-order valence-electron chi connectivity index (χ1n) is 9.13. The minimum absolute atomic E-state index is 0.0347. The molecule has 4 nitrogen and oxygen atoms in total. The Morgan fingerprint density at radius 3 is 2.11 bits per heavy atom. The van der Waals surface area contributed by atoms with Gasteiger partial charge in [-0.05, 0) is 29.3 Å². The molecule has 5 heteroatoms. The van der Waals surface area contributed by atoms with Crippen LogP contribution in [0.3, 0.4) is 0 Å². The predicted octanol–water partition coefficient (Wildman–Crippen LogP) is 4.57. The molecule has 3 aromatic rings. The summed E-state index contributed by atoms with van der Waals surface area (Å²) in [5.41, 5.74) is 3.45. The van der Waals surface area contributed by atoms with Crippen LogP contribution in [0.5, 0.6) is 0 Å². The lowest BCUT2D eigenvalue weighted by molar-refractivity contribution is -0.113. The van der Waals surface area contributed by atoms with Crippen LogP contribution < -0.4 is 5.32 Å². The van der Waals surface area contributed by atoms with Crippen molar-refractivity contribution in [1.82, 2.24) is 4.90 Å². The molecule has 3 aromatic carbocycles. The molecule has 1 heterocycles. The van der Waals surface area contributed by atoms with Crippen LogP contribution in [0, 0.1) is 0 Å². The molecule has 0 fully saturated rings. The second-order valence-electron chi connectivity index (χ2n) is 6.68. The Hall–Kier alpha value is -3.05. The lowest BCUT2D eigenvalue weighted by Gasteiger charge is -2.24. The Bertz CT molecular complexity index is 948. The monoisotopic (exact) mass is 388 g/mol. The molecule has 2 amide bonds. The van der Waals surface area contributed by atoms with Gasteiger partial charge in [0.1, 0.15) is 0 Å². The van der Waals surface area contributed by atoms with Crippen LogP contribution in [-0.2, 0) is 17.9 Å². The Morgan fingerprint density at radius 2 is 1.50 bits per heavy atom. The third-order valence-electron chi connectivity index (χ3n) is 4.58. The number of benzene rings is 3. The van der Waals surface area contributed by atoms with Gasteiger partial charge in [-0.2, -0.15) is 0 Å². The molecule has 1 N–H and O–H groups in total. The summed E-state index contributed by atoms with van der Waals surface area (Å²) in [7, 11) is 0. The standard InChI is InChI=1S/C23H20N2O2S/c26-22-16-28-21-12-11-19(13-20(21)24-22)23(27)25(14-17-7-3-1-4-8-17)15-18-9-5-2-6-10-18/h1-13H,14-16H2,(H,24,26). The molecule has 0 bridgehead atoms. The van der Waals surface area contributed by atoms with E-state index in [0.29, 0.717) is 30.1 Å². The number of carbonyl (C=O) groups excluding carboxylic acids is 2. The molecule has 4 rings (SSSR count). The Labute approximate surface area is 168 Å². The summed E-state index contributed by atoms with van der Waals surface area (Å²) in [5.74, 6) is 0.321. The zero-order valence-electron chi connectivity index (χ0n) is 15.3. The van der Waals surface area contributed by atoms with Crippen LogP contribution in [0.2, 0.25) is 0 Å². The second-order valence-corrected chi connectivity index (χ2v) is 7.70. The van der Waals surface area contributed by atoms with Crippen LogP contribution in [0.1, 0.15) is 21.5 Å². The van der Waals surface area contributed by atoms with E-state index in [1.54, 1.807) is 6.07 Å². The Morgan fingerprint density at radius 1 is 0.893 bits per heavy atom. The molecule has 0 aromatic heterocycles. The summed E-state index contributed by atoms with van der Waals surface area (Å²) < 4.78 is 0. The van der Waals surface area contributed by atoms with Gasteiger partial charge in [-0.3, -0.25) is 9.59 Å². The smallest absolute Gasteiger partial charge is 0.254 e. The van der Waals surface area contributed by atoms with Gasteiger partial charge >= 0.3 is 0 Å². The number of nitrogens with one attached hydrogen (secondary N) is 1. The molecule has 0 aliphatic carbocycles. The zero-order chi connectivity index (χ0) is 19.3. The number of hydrogen-bond donors (Lipinski definition) is 1. The Balaban J connectivity index is 1.62. The van der Waals surface area contributed by atoms with E-state index in [9.17, 15) is 9.59 Å². The summed E-state index contributed by atoms with van der Waals surface area (Å²) in [6.07, 6.45) is 0. The van der Waals surface area contributed by atoms with E-state index in [0.717, 1.165) is 16.0 Å². The largest absolute Gasteiger partial charge is 0.330 e. The van der Waals surface area contributed by atoms with Crippen molar-refractivity contribution in [2.45, 2.75) is 18.0 Å². The fourth-order valence-electron chi connectivity index (χ4n) is 3.21. The maximum Gasteiger partial charge on any atom is 0.254 e. The predicted molar refractivity (Wildman–Crippen MR) is 112 cm³/mol. The zero-order valence-corrected chi connectivity index (χ0v) is 16.1. The highest BCUT2D eigenvalue weighted by Gasteiger charge is 2.21. The first-order chi connectivity index (χ1) is 13.7. The van der Waals surface area contributed by atoms with E-state index < -0.39 is 0 Å². The molecule has 140 valence electrons. The van der Waals surface area contributed by atoms with Crippen molar-refractivity contribution >= 4 is 29.3 Å². The molecule has 1 aliphatic heterocycles. The molecule has 0 atom stereocenters. The highest BCUT2D eigenvalue weighted by atomic mass is 32.2. The highest BCUT2D eigenvalue weighted by molar-refractivity contribution is 8.00. The third kappa shape index (κ3) is 4.26. The third-order valence-corrected chi connectivity index (χ3v) is 5.65.